The first kappa shape index (κ1) is 44.6. The van der Waals surface area contributed by atoms with Crippen LogP contribution in [0, 0.1) is 45.2 Å². The molecule has 250 valence electrons. The molecule has 0 radical (unpaired) electrons. The Morgan fingerprint density at radius 2 is 1.30 bits per heavy atom. The van der Waals surface area contributed by atoms with Gasteiger partial charge in [0.1, 0.15) is 29.2 Å². The molecule has 0 aromatic heterocycles. The molecule has 3 atom stereocenters. The number of hydrogen-bond donors (Lipinski definition) is 1. The third-order valence-corrected chi connectivity index (χ3v) is 6.18. The quantitative estimate of drug-likeness (QED) is 0.0643. The van der Waals surface area contributed by atoms with Gasteiger partial charge in [0.25, 0.3) is 0 Å². The predicted molar refractivity (Wildman–Crippen MR) is 158 cm³/mol. The number of amides is 1. The van der Waals surface area contributed by atoms with Crippen LogP contribution in [0.3, 0.4) is 0 Å². The Bertz CT molecular complexity index is 1300. The van der Waals surface area contributed by atoms with Gasteiger partial charge in [0, 0.05) is 29.5 Å². The van der Waals surface area contributed by atoms with E-state index in [9.17, 15) is 46.9 Å². The Balaban J connectivity index is 0. The number of nitro groups is 1. The van der Waals surface area contributed by atoms with E-state index < -0.39 is 82.2 Å². The first-order chi connectivity index (χ1) is 20.3. The topological polar surface area (TPSA) is 151 Å². The largest absolute Gasteiger partial charge is 1.00 e. The number of hydrogen-bond acceptors (Lipinski definition) is 9. The minimum atomic E-state index is -1.70. The Morgan fingerprint density at radius 3 is 1.72 bits per heavy atom. The van der Waals surface area contributed by atoms with Gasteiger partial charge < -0.3 is 19.5 Å². The monoisotopic (exact) mass is 668 g/mol. The van der Waals surface area contributed by atoms with Crippen LogP contribution in [-0.4, -0.2) is 70.1 Å². The molecule has 1 N–H and O–H groups in total. The van der Waals surface area contributed by atoms with Crippen molar-refractivity contribution in [3.05, 3.63) is 80.9 Å². The fourth-order valence-corrected chi connectivity index (χ4v) is 4.47. The van der Waals surface area contributed by atoms with E-state index in [-0.39, 0.29) is 82.9 Å². The summed E-state index contributed by atoms with van der Waals surface area (Å²) in [6.45, 7) is 3.87. The van der Waals surface area contributed by atoms with E-state index in [4.69, 9.17) is 14.2 Å². The molecule has 1 aliphatic rings. The molecule has 2 aromatic rings. The van der Waals surface area contributed by atoms with Gasteiger partial charge in [-0.2, -0.15) is 0 Å². The molecule has 1 saturated heterocycles. The summed E-state index contributed by atoms with van der Waals surface area (Å²) in [5.74, 6) is -11.5. The molecule has 2 aromatic carbocycles. The second-order valence-corrected chi connectivity index (χ2v) is 9.09. The van der Waals surface area contributed by atoms with E-state index in [1.54, 1.807) is 6.92 Å². The van der Waals surface area contributed by atoms with Crippen LogP contribution in [0.4, 0.5) is 17.6 Å². The van der Waals surface area contributed by atoms with Gasteiger partial charge in [0.05, 0.1) is 25.7 Å². The third-order valence-electron chi connectivity index (χ3n) is 6.18. The Hall–Kier alpha value is -3.50. The summed E-state index contributed by atoms with van der Waals surface area (Å²) in [6, 6.07) is 5.25. The molecular weight excluding hydrogens is 630 g/mol. The van der Waals surface area contributed by atoms with Crippen LogP contribution < -0.4 is 34.9 Å². The van der Waals surface area contributed by atoms with Gasteiger partial charge >= 0.3 is 47.5 Å². The van der Waals surface area contributed by atoms with E-state index in [1.165, 1.54) is 13.8 Å². The van der Waals surface area contributed by atoms with Crippen LogP contribution in [-0.2, 0) is 33.4 Å². The standard InChI is InChI=1S/C15H17F2NO6.C13H13F2NO3.CH4.BH4.Na/c1-3-23-14(19)13(15(20)24-4-2)12(8-18(21)22)9-5-10(16)7-11(17)6-9;1-2-19-13(18)11-10(6-16-12(11)17)7-3-8(14)5-9(15)4-7;;;/h5-7,12-13H,3-4,8H2,1-2H3;3-5,10-11H,2,6H2,1H3,(H,16,17);2*1H4;/q;;;-1;+1/t12-;10-,11?;;;/m11.../s1. The molecule has 1 unspecified atom stereocenters. The van der Waals surface area contributed by atoms with Gasteiger partial charge in [0.15, 0.2) is 5.92 Å². The summed E-state index contributed by atoms with van der Waals surface area (Å²) in [6.07, 6.45) is 0. The summed E-state index contributed by atoms with van der Waals surface area (Å²) in [4.78, 5) is 57.7. The Kier molecular flexibility index (Phi) is 20.7. The molecule has 0 bridgehead atoms. The summed E-state index contributed by atoms with van der Waals surface area (Å²) >= 11 is 0. The summed E-state index contributed by atoms with van der Waals surface area (Å²) in [5.41, 5.74) is 0.0733. The molecule has 1 heterocycles. The van der Waals surface area contributed by atoms with Crippen molar-refractivity contribution in [2.75, 3.05) is 32.9 Å². The van der Waals surface area contributed by atoms with E-state index in [0.29, 0.717) is 6.07 Å². The first-order valence-corrected chi connectivity index (χ1v) is 13.1. The van der Waals surface area contributed by atoms with Crippen LogP contribution in [0.15, 0.2) is 36.4 Å². The van der Waals surface area contributed by atoms with Gasteiger partial charge in [-0.05, 0) is 56.2 Å². The van der Waals surface area contributed by atoms with E-state index in [0.717, 1.165) is 30.3 Å². The van der Waals surface area contributed by atoms with Crippen molar-refractivity contribution in [1.29, 1.82) is 0 Å². The van der Waals surface area contributed by atoms with Crippen LogP contribution in [0.1, 0.15) is 51.2 Å². The SMILES string of the molecule is C.CCOC(=O)C(C(=O)OCC)[C@H](C[N+](=O)[O-])c1cc(F)cc(F)c1.CCOC(=O)C1C(=O)NC[C@@H]1c1cc(F)cc(F)c1.[BH4-].[Na+]. The molecular formula is C29H38BF4N2NaO9. The predicted octanol–water partition coefficient (Wildman–Crippen LogP) is -0.386. The zero-order valence-corrected chi connectivity index (χ0v) is 26.4. The van der Waals surface area contributed by atoms with Crippen LogP contribution in [0.2, 0.25) is 0 Å². The third kappa shape index (κ3) is 12.7. The molecule has 0 spiro atoms. The number of ether oxygens (including phenoxy) is 3. The molecule has 17 heteroatoms. The second kappa shape index (κ2) is 21.3. The van der Waals surface area contributed by atoms with Crippen molar-refractivity contribution in [3.63, 3.8) is 0 Å². The molecule has 46 heavy (non-hydrogen) atoms. The average molecular weight is 668 g/mol. The molecule has 1 fully saturated rings. The van der Waals surface area contributed by atoms with E-state index in [1.807, 2.05) is 0 Å². The Labute approximate surface area is 287 Å². The Morgan fingerprint density at radius 1 is 0.870 bits per heavy atom. The van der Waals surface area contributed by atoms with Crippen molar-refractivity contribution in [2.24, 2.45) is 11.8 Å². The number of halogens is 4. The van der Waals surface area contributed by atoms with Crippen molar-refractivity contribution >= 4 is 32.2 Å². The minimum Gasteiger partial charge on any atom is -0.465 e. The van der Waals surface area contributed by atoms with E-state index >= 15 is 0 Å². The maximum absolute atomic E-state index is 13.4. The van der Waals surface area contributed by atoms with Gasteiger partial charge in [-0.1, -0.05) is 15.8 Å². The van der Waals surface area contributed by atoms with Crippen LogP contribution in [0.25, 0.3) is 0 Å². The number of carbonyl (C=O) groups excluding carboxylic acids is 4. The summed E-state index contributed by atoms with van der Waals surface area (Å²) in [7, 11) is 0. The number of nitrogens with zero attached hydrogens (tertiary/aromatic N) is 1. The smallest absolute Gasteiger partial charge is 0.465 e. The number of nitrogens with one attached hydrogen (secondary N) is 1. The number of carbonyl (C=O) groups is 4. The van der Waals surface area contributed by atoms with Gasteiger partial charge in [-0.25, -0.2) is 17.6 Å². The molecule has 11 nitrogen and oxygen atoms in total. The maximum Gasteiger partial charge on any atom is 1.00 e. The maximum atomic E-state index is 13.4. The number of rotatable bonds is 11. The van der Waals surface area contributed by atoms with Crippen molar-refractivity contribution in [3.8, 4) is 0 Å². The summed E-state index contributed by atoms with van der Waals surface area (Å²) < 4.78 is 67.6. The fraction of sp³-hybridized carbons (Fsp3) is 0.448. The zero-order valence-electron chi connectivity index (χ0n) is 24.4. The van der Waals surface area contributed by atoms with Crippen LogP contribution >= 0.6 is 0 Å². The van der Waals surface area contributed by atoms with Gasteiger partial charge in [-0.15, -0.1) is 0 Å². The first-order valence-electron chi connectivity index (χ1n) is 13.1. The van der Waals surface area contributed by atoms with Crippen molar-refractivity contribution in [2.45, 2.75) is 40.0 Å². The average Bonchev–Trinajstić information content (AvgIpc) is 3.29. The van der Waals surface area contributed by atoms with E-state index in [2.05, 4.69) is 5.32 Å². The van der Waals surface area contributed by atoms with Crippen molar-refractivity contribution < 1.29 is 85.4 Å². The number of esters is 3. The molecule has 0 saturated carbocycles. The molecule has 1 aliphatic heterocycles. The van der Waals surface area contributed by atoms with Gasteiger partial charge in [-0.3, -0.25) is 29.3 Å². The normalized spacial score (nSPS) is 15.3. The zero-order chi connectivity index (χ0) is 32.3. The second-order valence-electron chi connectivity index (χ2n) is 9.09. The number of benzene rings is 2. The molecule has 0 aliphatic carbocycles. The minimum absolute atomic E-state index is 0. The van der Waals surface area contributed by atoms with Gasteiger partial charge in [0.2, 0.25) is 12.5 Å². The van der Waals surface area contributed by atoms with Crippen LogP contribution in [0.5, 0.6) is 0 Å². The van der Waals surface area contributed by atoms with Crippen molar-refractivity contribution in [1.82, 2.24) is 5.32 Å². The molecule has 3 rings (SSSR count). The molecule has 1 amide bonds. The fourth-order valence-electron chi connectivity index (χ4n) is 4.47. The summed E-state index contributed by atoms with van der Waals surface area (Å²) in [5, 5.41) is 13.4.